The summed E-state index contributed by atoms with van der Waals surface area (Å²) in [6.07, 6.45) is 1.89. The third kappa shape index (κ3) is 3.29. The SMILES string of the molecule is CCc1c(CC(C)C(C)(C)C)nn(-c2ccccc2)c1N. The number of anilines is 1. The Bertz CT molecular complexity index is 591. The smallest absolute Gasteiger partial charge is 0.130 e. The molecule has 0 saturated carbocycles. The van der Waals surface area contributed by atoms with Gasteiger partial charge in [-0.2, -0.15) is 5.10 Å². The highest BCUT2D eigenvalue weighted by molar-refractivity contribution is 5.50. The summed E-state index contributed by atoms with van der Waals surface area (Å²) in [4.78, 5) is 0. The number of rotatable bonds is 4. The lowest BCUT2D eigenvalue weighted by atomic mass is 9.79. The molecular formula is C18H27N3. The van der Waals surface area contributed by atoms with Crippen LogP contribution in [0.25, 0.3) is 5.69 Å². The summed E-state index contributed by atoms with van der Waals surface area (Å²) < 4.78 is 1.88. The maximum absolute atomic E-state index is 6.33. The zero-order valence-corrected chi connectivity index (χ0v) is 13.9. The van der Waals surface area contributed by atoms with E-state index in [1.807, 2.05) is 35.0 Å². The standard InChI is InChI=1S/C18H27N3/c1-6-15-16(12-13(2)18(3,4)5)20-21(17(15)19)14-10-8-7-9-11-14/h7-11,13H,6,12,19H2,1-5H3. The Hall–Kier alpha value is -1.77. The fourth-order valence-electron chi connectivity index (χ4n) is 2.42. The first kappa shape index (κ1) is 15.6. The first-order valence-corrected chi connectivity index (χ1v) is 7.76. The quantitative estimate of drug-likeness (QED) is 0.913. The van der Waals surface area contributed by atoms with E-state index in [9.17, 15) is 0 Å². The van der Waals surface area contributed by atoms with Crippen molar-refractivity contribution in [1.29, 1.82) is 0 Å². The Labute approximate surface area is 128 Å². The van der Waals surface area contributed by atoms with Gasteiger partial charge in [0.2, 0.25) is 0 Å². The average molecular weight is 285 g/mol. The molecule has 0 saturated heterocycles. The van der Waals surface area contributed by atoms with Gasteiger partial charge in [0.05, 0.1) is 11.4 Å². The number of nitrogen functional groups attached to an aromatic ring is 1. The molecule has 0 fully saturated rings. The molecule has 1 aromatic carbocycles. The molecule has 1 aromatic heterocycles. The average Bonchev–Trinajstić information content (AvgIpc) is 2.75. The van der Waals surface area contributed by atoms with Crippen molar-refractivity contribution in [3.63, 3.8) is 0 Å². The molecule has 2 N–H and O–H groups in total. The van der Waals surface area contributed by atoms with E-state index in [-0.39, 0.29) is 5.41 Å². The van der Waals surface area contributed by atoms with E-state index in [2.05, 4.69) is 34.6 Å². The maximum atomic E-state index is 6.33. The molecule has 21 heavy (non-hydrogen) atoms. The molecule has 0 radical (unpaired) electrons. The predicted octanol–water partition coefficient (Wildman–Crippen LogP) is 4.24. The third-order valence-corrected chi connectivity index (χ3v) is 4.44. The summed E-state index contributed by atoms with van der Waals surface area (Å²) in [5.41, 5.74) is 9.96. The van der Waals surface area contributed by atoms with Crippen molar-refractivity contribution >= 4 is 5.82 Å². The van der Waals surface area contributed by atoms with Crippen LogP contribution in [-0.2, 0) is 12.8 Å². The van der Waals surface area contributed by atoms with E-state index in [0.29, 0.717) is 5.92 Å². The molecule has 0 aliphatic carbocycles. The number of nitrogens with zero attached hydrogens (tertiary/aromatic N) is 2. The molecule has 1 heterocycles. The van der Waals surface area contributed by atoms with Crippen LogP contribution in [0.15, 0.2) is 30.3 Å². The lowest BCUT2D eigenvalue weighted by molar-refractivity contribution is 0.258. The number of hydrogen-bond acceptors (Lipinski definition) is 2. The van der Waals surface area contributed by atoms with Crippen LogP contribution >= 0.6 is 0 Å². The third-order valence-electron chi connectivity index (χ3n) is 4.44. The second kappa shape index (κ2) is 5.92. The Morgan fingerprint density at radius 1 is 1.19 bits per heavy atom. The van der Waals surface area contributed by atoms with Crippen molar-refractivity contribution in [2.45, 2.75) is 47.5 Å². The molecule has 1 unspecified atom stereocenters. The summed E-state index contributed by atoms with van der Waals surface area (Å²) >= 11 is 0. The minimum absolute atomic E-state index is 0.274. The van der Waals surface area contributed by atoms with Gasteiger partial charge in [0.25, 0.3) is 0 Å². The van der Waals surface area contributed by atoms with Gasteiger partial charge in [0.15, 0.2) is 0 Å². The maximum Gasteiger partial charge on any atom is 0.130 e. The molecular weight excluding hydrogens is 258 g/mol. The highest BCUT2D eigenvalue weighted by Crippen LogP contribution is 2.31. The molecule has 0 bridgehead atoms. The lowest BCUT2D eigenvalue weighted by Crippen LogP contribution is -2.20. The summed E-state index contributed by atoms with van der Waals surface area (Å²) in [6, 6.07) is 10.1. The Morgan fingerprint density at radius 2 is 1.81 bits per heavy atom. The van der Waals surface area contributed by atoms with Crippen molar-refractivity contribution in [2.75, 3.05) is 5.73 Å². The molecule has 0 aliphatic rings. The van der Waals surface area contributed by atoms with Crippen LogP contribution in [0, 0.1) is 11.3 Å². The van der Waals surface area contributed by atoms with Gasteiger partial charge >= 0.3 is 0 Å². The number of nitrogens with two attached hydrogens (primary N) is 1. The molecule has 3 nitrogen and oxygen atoms in total. The largest absolute Gasteiger partial charge is 0.383 e. The van der Waals surface area contributed by atoms with Crippen molar-refractivity contribution < 1.29 is 0 Å². The molecule has 0 amide bonds. The normalized spacial score (nSPS) is 13.4. The van der Waals surface area contributed by atoms with Crippen molar-refractivity contribution in [3.05, 3.63) is 41.6 Å². The second-order valence-electron chi connectivity index (χ2n) is 6.88. The van der Waals surface area contributed by atoms with Crippen LogP contribution in [-0.4, -0.2) is 9.78 Å². The predicted molar refractivity (Wildman–Crippen MR) is 89.7 cm³/mol. The van der Waals surface area contributed by atoms with Gasteiger partial charge in [-0.05, 0) is 36.3 Å². The molecule has 0 spiro atoms. The molecule has 114 valence electrons. The molecule has 0 aliphatic heterocycles. The minimum atomic E-state index is 0.274. The van der Waals surface area contributed by atoms with E-state index < -0.39 is 0 Å². The van der Waals surface area contributed by atoms with Crippen molar-refractivity contribution in [3.8, 4) is 5.69 Å². The van der Waals surface area contributed by atoms with Crippen LogP contribution in [0.2, 0.25) is 0 Å². The van der Waals surface area contributed by atoms with Crippen LogP contribution in [0.5, 0.6) is 0 Å². The molecule has 1 atom stereocenters. The summed E-state index contributed by atoms with van der Waals surface area (Å²) in [7, 11) is 0. The summed E-state index contributed by atoms with van der Waals surface area (Å²) in [5.74, 6) is 1.33. The fraction of sp³-hybridized carbons (Fsp3) is 0.500. The number of para-hydroxylation sites is 1. The Balaban J connectivity index is 2.40. The number of benzene rings is 1. The topological polar surface area (TPSA) is 43.8 Å². The van der Waals surface area contributed by atoms with E-state index >= 15 is 0 Å². The van der Waals surface area contributed by atoms with Crippen LogP contribution in [0.1, 0.15) is 45.9 Å². The van der Waals surface area contributed by atoms with Gasteiger partial charge in [-0.1, -0.05) is 52.8 Å². The first-order valence-electron chi connectivity index (χ1n) is 7.76. The summed E-state index contributed by atoms with van der Waals surface area (Å²) in [5, 5.41) is 4.80. The van der Waals surface area contributed by atoms with E-state index in [4.69, 9.17) is 10.8 Å². The Morgan fingerprint density at radius 3 is 2.33 bits per heavy atom. The van der Waals surface area contributed by atoms with Crippen LogP contribution in [0.3, 0.4) is 0 Å². The van der Waals surface area contributed by atoms with Gasteiger partial charge < -0.3 is 5.73 Å². The van der Waals surface area contributed by atoms with Crippen LogP contribution < -0.4 is 5.73 Å². The van der Waals surface area contributed by atoms with E-state index in [0.717, 1.165) is 30.0 Å². The van der Waals surface area contributed by atoms with Gasteiger partial charge in [0, 0.05) is 5.56 Å². The zero-order chi connectivity index (χ0) is 15.6. The summed E-state index contributed by atoms with van der Waals surface area (Å²) in [6.45, 7) is 11.3. The van der Waals surface area contributed by atoms with Crippen LogP contribution in [0.4, 0.5) is 5.82 Å². The van der Waals surface area contributed by atoms with E-state index in [1.54, 1.807) is 0 Å². The van der Waals surface area contributed by atoms with E-state index in [1.165, 1.54) is 5.56 Å². The van der Waals surface area contributed by atoms with Gasteiger partial charge in [-0.25, -0.2) is 4.68 Å². The highest BCUT2D eigenvalue weighted by Gasteiger charge is 2.24. The van der Waals surface area contributed by atoms with Crippen molar-refractivity contribution in [2.24, 2.45) is 11.3 Å². The van der Waals surface area contributed by atoms with Crippen molar-refractivity contribution in [1.82, 2.24) is 9.78 Å². The molecule has 3 heteroatoms. The molecule has 2 rings (SSSR count). The zero-order valence-electron chi connectivity index (χ0n) is 13.9. The minimum Gasteiger partial charge on any atom is -0.383 e. The highest BCUT2D eigenvalue weighted by atomic mass is 15.3. The van der Waals surface area contributed by atoms with Gasteiger partial charge in [-0.15, -0.1) is 0 Å². The molecule has 2 aromatic rings. The monoisotopic (exact) mass is 285 g/mol. The number of aromatic nitrogens is 2. The first-order chi connectivity index (χ1) is 9.84. The fourth-order valence-corrected chi connectivity index (χ4v) is 2.42. The van der Waals surface area contributed by atoms with Gasteiger partial charge in [0.1, 0.15) is 5.82 Å². The lowest BCUT2D eigenvalue weighted by Gasteiger charge is -2.26. The number of hydrogen-bond donors (Lipinski definition) is 1. The van der Waals surface area contributed by atoms with Gasteiger partial charge in [-0.3, -0.25) is 0 Å². The Kier molecular flexibility index (Phi) is 4.40. The second-order valence-corrected chi connectivity index (χ2v) is 6.88.